The molecule has 0 fully saturated rings. The fraction of sp³-hybridized carbons (Fsp3) is 0.105. The van der Waals surface area contributed by atoms with E-state index in [2.05, 4.69) is 23.1 Å². The average Bonchev–Trinajstić information content (AvgIpc) is 2.63. The van der Waals surface area contributed by atoms with Gasteiger partial charge in [0.2, 0.25) is 0 Å². The Morgan fingerprint density at radius 1 is 0.958 bits per heavy atom. The minimum Gasteiger partial charge on any atom is -0.478 e. The van der Waals surface area contributed by atoms with Gasteiger partial charge < -0.3 is 5.11 Å². The maximum Gasteiger partial charge on any atom is 0.330 e. The van der Waals surface area contributed by atoms with Gasteiger partial charge in [0, 0.05) is 30.4 Å². The molecule has 0 aliphatic carbocycles. The second-order valence-electron chi connectivity index (χ2n) is 4.25. The molecule has 0 aliphatic rings. The fourth-order valence-corrected chi connectivity index (χ4v) is 1.12. The molecule has 2 aromatic rings. The standard InChI is InChI=1S/2C7H7N.C5H8O2.HI/c2*1-2-7-3-5-8-6-4-7;1-3-4(2)5(6)7;/h2*2-6H,1H2;3H,1-2H3,(H,6,7);1H. The molecule has 4 nitrogen and oxygen atoms in total. The van der Waals surface area contributed by atoms with Crippen LogP contribution in [0.3, 0.4) is 0 Å². The molecule has 0 aliphatic heterocycles. The van der Waals surface area contributed by atoms with Gasteiger partial charge in [-0.05, 0) is 49.2 Å². The summed E-state index contributed by atoms with van der Waals surface area (Å²) in [7, 11) is 0. The number of carboxylic acids is 1. The summed E-state index contributed by atoms with van der Waals surface area (Å²) in [4.78, 5) is 17.6. The lowest BCUT2D eigenvalue weighted by Gasteiger charge is -1.84. The van der Waals surface area contributed by atoms with Crippen molar-refractivity contribution < 1.29 is 9.90 Å². The highest BCUT2D eigenvalue weighted by Gasteiger charge is 1.93. The summed E-state index contributed by atoms with van der Waals surface area (Å²) >= 11 is 0. The molecule has 0 bridgehead atoms. The fourth-order valence-electron chi connectivity index (χ4n) is 1.12. The van der Waals surface area contributed by atoms with Crippen molar-refractivity contribution in [3.63, 3.8) is 0 Å². The van der Waals surface area contributed by atoms with E-state index < -0.39 is 5.97 Å². The highest BCUT2D eigenvalue weighted by Crippen LogP contribution is 1.95. The summed E-state index contributed by atoms with van der Waals surface area (Å²) in [5.41, 5.74) is 2.61. The zero-order valence-corrected chi connectivity index (χ0v) is 16.3. The summed E-state index contributed by atoms with van der Waals surface area (Å²) < 4.78 is 0. The van der Waals surface area contributed by atoms with E-state index in [9.17, 15) is 4.79 Å². The van der Waals surface area contributed by atoms with Crippen molar-refractivity contribution >= 4 is 42.1 Å². The maximum atomic E-state index is 9.86. The summed E-state index contributed by atoms with van der Waals surface area (Å²) in [6, 6.07) is 7.64. The third-order valence-electron chi connectivity index (χ3n) is 2.65. The van der Waals surface area contributed by atoms with Gasteiger partial charge in [0.25, 0.3) is 0 Å². The van der Waals surface area contributed by atoms with Crippen molar-refractivity contribution in [2.75, 3.05) is 0 Å². The predicted molar refractivity (Wildman–Crippen MR) is 111 cm³/mol. The number of hydrogen-bond acceptors (Lipinski definition) is 3. The van der Waals surface area contributed by atoms with Crippen LogP contribution in [-0.2, 0) is 4.79 Å². The van der Waals surface area contributed by atoms with Gasteiger partial charge in [-0.1, -0.05) is 31.4 Å². The molecular formula is C19H23IN2O2. The molecule has 2 rings (SSSR count). The number of nitrogens with zero attached hydrogens (tertiary/aromatic N) is 2. The van der Waals surface area contributed by atoms with Crippen molar-refractivity contribution in [3.05, 3.63) is 85.0 Å². The summed E-state index contributed by atoms with van der Waals surface area (Å²) in [6.07, 6.45) is 12.1. The Balaban J connectivity index is 0. The van der Waals surface area contributed by atoms with Crippen LogP contribution in [0.15, 0.2) is 73.9 Å². The molecule has 0 saturated heterocycles. The zero-order chi connectivity index (χ0) is 17.5. The van der Waals surface area contributed by atoms with E-state index in [4.69, 9.17) is 5.11 Å². The van der Waals surface area contributed by atoms with Gasteiger partial charge in [-0.3, -0.25) is 9.97 Å². The number of carboxylic acid groups (broad SMARTS) is 1. The van der Waals surface area contributed by atoms with E-state index in [0.717, 1.165) is 11.1 Å². The smallest absolute Gasteiger partial charge is 0.330 e. The Labute approximate surface area is 160 Å². The maximum absolute atomic E-state index is 9.86. The zero-order valence-electron chi connectivity index (χ0n) is 13.9. The first-order valence-electron chi connectivity index (χ1n) is 6.96. The lowest BCUT2D eigenvalue weighted by Crippen LogP contribution is -1.93. The molecule has 1 N–H and O–H groups in total. The molecule has 2 heterocycles. The largest absolute Gasteiger partial charge is 0.478 e. The minimum absolute atomic E-state index is 0. The Morgan fingerprint density at radius 2 is 1.29 bits per heavy atom. The van der Waals surface area contributed by atoms with Gasteiger partial charge in [0.15, 0.2) is 0 Å². The van der Waals surface area contributed by atoms with E-state index in [-0.39, 0.29) is 24.0 Å². The first kappa shape index (κ1) is 24.0. The second kappa shape index (κ2) is 15.6. The van der Waals surface area contributed by atoms with Crippen LogP contribution < -0.4 is 0 Å². The van der Waals surface area contributed by atoms with E-state index in [1.807, 2.05) is 24.3 Å². The number of allylic oxidation sites excluding steroid dienone is 1. The molecule has 0 unspecified atom stereocenters. The van der Waals surface area contributed by atoms with Crippen LogP contribution in [-0.4, -0.2) is 21.0 Å². The molecule has 0 amide bonds. The molecule has 0 atom stereocenters. The normalized spacial score (nSPS) is 9.00. The number of rotatable bonds is 3. The summed E-state index contributed by atoms with van der Waals surface area (Å²) in [5.74, 6) is -0.845. The van der Waals surface area contributed by atoms with Gasteiger partial charge in [0.05, 0.1) is 0 Å². The summed E-state index contributed by atoms with van der Waals surface area (Å²) in [5, 5.41) is 8.11. The molecule has 24 heavy (non-hydrogen) atoms. The lowest BCUT2D eigenvalue weighted by molar-refractivity contribution is -0.132. The van der Waals surface area contributed by atoms with Crippen molar-refractivity contribution in [1.29, 1.82) is 0 Å². The lowest BCUT2D eigenvalue weighted by atomic mass is 10.3. The molecule has 128 valence electrons. The van der Waals surface area contributed by atoms with Gasteiger partial charge in [-0.25, -0.2) is 4.79 Å². The van der Waals surface area contributed by atoms with E-state index >= 15 is 0 Å². The van der Waals surface area contributed by atoms with Crippen LogP contribution in [0.2, 0.25) is 0 Å². The number of halogens is 1. The minimum atomic E-state index is -0.845. The number of aromatic nitrogens is 2. The average molecular weight is 438 g/mol. The van der Waals surface area contributed by atoms with Crippen molar-refractivity contribution in [3.8, 4) is 0 Å². The molecule has 0 saturated carbocycles. The van der Waals surface area contributed by atoms with Gasteiger partial charge in [0.1, 0.15) is 0 Å². The Hall–Kier alpha value is -2.28. The van der Waals surface area contributed by atoms with Crippen molar-refractivity contribution in [1.82, 2.24) is 9.97 Å². The third kappa shape index (κ3) is 12.3. The molecule has 0 radical (unpaired) electrons. The Bertz CT molecular complexity index is 583. The molecule has 5 heteroatoms. The number of pyridine rings is 2. The first-order chi connectivity index (χ1) is 11.0. The van der Waals surface area contributed by atoms with Gasteiger partial charge in [-0.15, -0.1) is 24.0 Å². The van der Waals surface area contributed by atoms with Crippen LogP contribution in [0.25, 0.3) is 12.2 Å². The molecular weight excluding hydrogens is 415 g/mol. The monoisotopic (exact) mass is 438 g/mol. The Morgan fingerprint density at radius 3 is 1.42 bits per heavy atom. The number of hydrogen-bond donors (Lipinski definition) is 1. The predicted octanol–water partition coefficient (Wildman–Crippen LogP) is 5.10. The molecule has 0 aromatic carbocycles. The highest BCUT2D eigenvalue weighted by molar-refractivity contribution is 14.0. The highest BCUT2D eigenvalue weighted by atomic mass is 127. The summed E-state index contributed by atoms with van der Waals surface area (Å²) in [6.45, 7) is 10.5. The van der Waals surface area contributed by atoms with Crippen LogP contribution >= 0.6 is 24.0 Å². The second-order valence-corrected chi connectivity index (χ2v) is 4.25. The number of carbonyl (C=O) groups is 1. The van der Waals surface area contributed by atoms with E-state index in [1.165, 1.54) is 0 Å². The molecule has 2 aromatic heterocycles. The molecule has 0 spiro atoms. The number of aliphatic carboxylic acids is 1. The van der Waals surface area contributed by atoms with Crippen LogP contribution in [0.4, 0.5) is 0 Å². The van der Waals surface area contributed by atoms with Gasteiger partial charge >= 0.3 is 5.97 Å². The van der Waals surface area contributed by atoms with E-state index in [0.29, 0.717) is 5.57 Å². The first-order valence-corrected chi connectivity index (χ1v) is 6.96. The van der Waals surface area contributed by atoms with E-state index in [1.54, 1.807) is 56.9 Å². The van der Waals surface area contributed by atoms with Crippen molar-refractivity contribution in [2.24, 2.45) is 0 Å². The SMILES string of the molecule is C=Cc1ccncc1.C=Cc1ccncc1.CC=C(C)C(=O)O.I. The topological polar surface area (TPSA) is 63.1 Å². The quantitative estimate of drug-likeness (QED) is 0.535. The Kier molecular flexibility index (Phi) is 15.6. The van der Waals surface area contributed by atoms with Crippen molar-refractivity contribution in [2.45, 2.75) is 13.8 Å². The third-order valence-corrected chi connectivity index (χ3v) is 2.65. The van der Waals surface area contributed by atoms with Crippen LogP contribution in [0, 0.1) is 0 Å². The van der Waals surface area contributed by atoms with Crippen LogP contribution in [0.5, 0.6) is 0 Å². The van der Waals surface area contributed by atoms with Crippen LogP contribution in [0.1, 0.15) is 25.0 Å². The van der Waals surface area contributed by atoms with Gasteiger partial charge in [-0.2, -0.15) is 0 Å².